The average Bonchev–Trinajstić information content (AvgIpc) is 2.34. The number of aryl methyl sites for hydroxylation is 1. The topological polar surface area (TPSA) is 62.2 Å². The number of aromatic carboxylic acids is 1. The van der Waals surface area contributed by atoms with Gasteiger partial charge in [0, 0.05) is 12.2 Å². The van der Waals surface area contributed by atoms with E-state index >= 15 is 0 Å². The van der Waals surface area contributed by atoms with Gasteiger partial charge in [-0.2, -0.15) is 0 Å². The smallest absolute Gasteiger partial charge is 0.335 e. The molecule has 1 aromatic rings. The quantitative estimate of drug-likeness (QED) is 0.587. The number of rotatable bonds is 6. The first-order chi connectivity index (χ1) is 8.17. The zero-order valence-electron chi connectivity index (χ0n) is 10.2. The molecule has 0 unspecified atom stereocenters. The second-order valence-electron chi connectivity index (χ2n) is 3.68. The number of carbonyl (C=O) groups is 1. The fraction of sp³-hybridized carbons (Fsp3) is 0.385. The number of anilines is 1. The van der Waals surface area contributed by atoms with Gasteiger partial charge in [-0.05, 0) is 31.9 Å². The van der Waals surface area contributed by atoms with Crippen LogP contribution in [0.4, 0.5) is 5.82 Å². The number of nitrogens with one attached hydrogen (secondary N) is 1. The van der Waals surface area contributed by atoms with Gasteiger partial charge in [-0.1, -0.05) is 19.1 Å². The second kappa shape index (κ2) is 6.68. The molecule has 1 rings (SSSR count). The van der Waals surface area contributed by atoms with Crippen LogP contribution in [0.25, 0.3) is 0 Å². The van der Waals surface area contributed by atoms with Crippen molar-refractivity contribution in [1.29, 1.82) is 0 Å². The van der Waals surface area contributed by atoms with Crippen molar-refractivity contribution >= 4 is 11.8 Å². The minimum atomic E-state index is -0.918. The van der Waals surface area contributed by atoms with E-state index in [4.69, 9.17) is 5.11 Å². The summed E-state index contributed by atoms with van der Waals surface area (Å²) in [5, 5.41) is 12.1. The van der Waals surface area contributed by atoms with Gasteiger partial charge in [0.2, 0.25) is 0 Å². The Balaban J connectivity index is 2.76. The number of aromatic nitrogens is 1. The van der Waals surface area contributed by atoms with Crippen molar-refractivity contribution in [2.75, 3.05) is 11.9 Å². The predicted molar refractivity (Wildman–Crippen MR) is 68.5 cm³/mol. The van der Waals surface area contributed by atoms with Crippen molar-refractivity contribution in [3.05, 3.63) is 35.5 Å². The molecule has 0 fully saturated rings. The highest BCUT2D eigenvalue weighted by molar-refractivity contribution is 5.88. The lowest BCUT2D eigenvalue weighted by molar-refractivity contribution is 0.0696. The third-order valence-corrected chi connectivity index (χ3v) is 2.34. The molecule has 4 heteroatoms. The number of hydrogen-bond acceptors (Lipinski definition) is 3. The average molecular weight is 234 g/mol. The molecule has 0 bridgehead atoms. The minimum Gasteiger partial charge on any atom is -0.478 e. The molecule has 1 aromatic heterocycles. The van der Waals surface area contributed by atoms with E-state index in [2.05, 4.69) is 16.4 Å². The van der Waals surface area contributed by atoms with Crippen LogP contribution in [-0.4, -0.2) is 22.6 Å². The minimum absolute atomic E-state index is 0.283. The maximum atomic E-state index is 10.9. The highest BCUT2D eigenvalue weighted by Crippen LogP contribution is 2.11. The van der Waals surface area contributed by atoms with Gasteiger partial charge in [0.05, 0.1) is 5.56 Å². The lowest BCUT2D eigenvalue weighted by Crippen LogP contribution is -2.07. The highest BCUT2D eigenvalue weighted by atomic mass is 16.4. The normalized spacial score (nSPS) is 10.7. The van der Waals surface area contributed by atoms with E-state index in [1.807, 2.05) is 19.9 Å². The van der Waals surface area contributed by atoms with E-state index in [1.54, 1.807) is 12.1 Å². The van der Waals surface area contributed by atoms with Crippen LogP contribution in [0.1, 0.15) is 36.3 Å². The summed E-state index contributed by atoms with van der Waals surface area (Å²) >= 11 is 0. The summed E-state index contributed by atoms with van der Waals surface area (Å²) in [5.74, 6) is -0.287. The molecule has 17 heavy (non-hydrogen) atoms. The Bertz CT molecular complexity index is 414. The Morgan fingerprint density at radius 1 is 1.53 bits per heavy atom. The number of hydrogen-bond donors (Lipinski definition) is 2. The third kappa shape index (κ3) is 4.26. The van der Waals surface area contributed by atoms with Crippen LogP contribution in [-0.2, 0) is 6.42 Å². The first kappa shape index (κ1) is 13.2. The predicted octanol–water partition coefficient (Wildman–Crippen LogP) is 2.72. The lowest BCUT2D eigenvalue weighted by atomic mass is 10.2. The number of pyridine rings is 1. The van der Waals surface area contributed by atoms with Crippen LogP contribution < -0.4 is 5.32 Å². The monoisotopic (exact) mass is 234 g/mol. The Morgan fingerprint density at radius 2 is 2.29 bits per heavy atom. The van der Waals surface area contributed by atoms with Gasteiger partial charge in [-0.25, -0.2) is 9.78 Å². The van der Waals surface area contributed by atoms with Crippen LogP contribution in [0.2, 0.25) is 0 Å². The van der Waals surface area contributed by atoms with Crippen molar-refractivity contribution in [3.8, 4) is 0 Å². The summed E-state index contributed by atoms with van der Waals surface area (Å²) in [6.45, 7) is 4.68. The summed E-state index contributed by atoms with van der Waals surface area (Å²) in [7, 11) is 0. The van der Waals surface area contributed by atoms with Crippen molar-refractivity contribution in [3.63, 3.8) is 0 Å². The van der Waals surface area contributed by atoms with E-state index in [0.717, 1.165) is 25.1 Å². The number of nitrogens with zero attached hydrogens (tertiary/aromatic N) is 1. The second-order valence-corrected chi connectivity index (χ2v) is 3.68. The molecule has 1 heterocycles. The molecule has 0 aliphatic carbocycles. The summed E-state index contributed by atoms with van der Waals surface area (Å²) in [5.41, 5.74) is 1.07. The summed E-state index contributed by atoms with van der Waals surface area (Å²) in [4.78, 5) is 15.3. The van der Waals surface area contributed by atoms with Crippen LogP contribution in [0.5, 0.6) is 0 Å². The molecule has 0 saturated carbocycles. The molecule has 2 N–H and O–H groups in total. The molecule has 92 valence electrons. The Morgan fingerprint density at radius 3 is 2.88 bits per heavy atom. The third-order valence-electron chi connectivity index (χ3n) is 2.34. The van der Waals surface area contributed by atoms with Crippen LogP contribution in [0.3, 0.4) is 0 Å². The van der Waals surface area contributed by atoms with Gasteiger partial charge in [-0.3, -0.25) is 0 Å². The van der Waals surface area contributed by atoms with E-state index in [9.17, 15) is 4.79 Å². The molecule has 0 aliphatic heterocycles. The molecule has 0 radical (unpaired) electrons. The van der Waals surface area contributed by atoms with Gasteiger partial charge >= 0.3 is 5.97 Å². The maximum Gasteiger partial charge on any atom is 0.335 e. The van der Waals surface area contributed by atoms with Crippen molar-refractivity contribution in [2.45, 2.75) is 26.7 Å². The summed E-state index contributed by atoms with van der Waals surface area (Å²) in [6, 6.07) is 3.18. The SMILES string of the molecule is C/C=C/CCNc1cc(C(=O)O)cc(CC)n1. The van der Waals surface area contributed by atoms with Gasteiger partial charge in [0.1, 0.15) is 5.82 Å². The van der Waals surface area contributed by atoms with Gasteiger partial charge < -0.3 is 10.4 Å². The molecule has 0 amide bonds. The lowest BCUT2D eigenvalue weighted by Gasteiger charge is -2.07. The molecular weight excluding hydrogens is 216 g/mol. The standard InChI is InChI=1S/C13H18N2O2/c1-3-5-6-7-14-12-9-10(13(16)17)8-11(4-2)15-12/h3,5,8-9H,4,6-7H2,1-2H3,(H,14,15)(H,16,17)/b5-3+. The molecule has 0 spiro atoms. The Kier molecular flexibility index (Phi) is 5.20. The van der Waals surface area contributed by atoms with Crippen LogP contribution >= 0.6 is 0 Å². The van der Waals surface area contributed by atoms with E-state index < -0.39 is 5.97 Å². The Hall–Kier alpha value is -1.84. The van der Waals surface area contributed by atoms with Gasteiger partial charge in [0.25, 0.3) is 0 Å². The van der Waals surface area contributed by atoms with E-state index in [1.165, 1.54) is 0 Å². The molecule has 4 nitrogen and oxygen atoms in total. The number of carboxylic acid groups (broad SMARTS) is 1. The van der Waals surface area contributed by atoms with Crippen LogP contribution in [0.15, 0.2) is 24.3 Å². The van der Waals surface area contributed by atoms with Crippen molar-refractivity contribution < 1.29 is 9.90 Å². The van der Waals surface area contributed by atoms with E-state index in [-0.39, 0.29) is 5.56 Å². The zero-order chi connectivity index (χ0) is 12.7. The molecular formula is C13H18N2O2. The molecule has 0 aromatic carbocycles. The van der Waals surface area contributed by atoms with Crippen molar-refractivity contribution in [2.24, 2.45) is 0 Å². The number of carboxylic acids is 1. The first-order valence-corrected chi connectivity index (χ1v) is 5.76. The largest absolute Gasteiger partial charge is 0.478 e. The van der Waals surface area contributed by atoms with Crippen LogP contribution in [0, 0.1) is 0 Å². The zero-order valence-corrected chi connectivity index (χ0v) is 10.2. The molecule has 0 saturated heterocycles. The Labute approximate surface area is 101 Å². The van der Waals surface area contributed by atoms with Gasteiger partial charge in [0.15, 0.2) is 0 Å². The first-order valence-electron chi connectivity index (χ1n) is 5.76. The highest BCUT2D eigenvalue weighted by Gasteiger charge is 2.07. The number of allylic oxidation sites excluding steroid dienone is 1. The molecule has 0 aliphatic rings. The summed E-state index contributed by atoms with van der Waals surface area (Å²) < 4.78 is 0. The fourth-order valence-corrected chi connectivity index (χ4v) is 1.43. The van der Waals surface area contributed by atoms with Gasteiger partial charge in [-0.15, -0.1) is 0 Å². The summed E-state index contributed by atoms with van der Waals surface area (Å²) in [6.07, 6.45) is 5.66. The fourth-order valence-electron chi connectivity index (χ4n) is 1.43. The van der Waals surface area contributed by atoms with Crippen molar-refractivity contribution in [1.82, 2.24) is 4.98 Å². The molecule has 0 atom stereocenters. The van der Waals surface area contributed by atoms with E-state index in [0.29, 0.717) is 5.82 Å². The maximum absolute atomic E-state index is 10.9.